The van der Waals surface area contributed by atoms with E-state index in [1.165, 1.54) is 5.01 Å². The highest BCUT2D eigenvalue weighted by atomic mass is 32.1. The van der Waals surface area contributed by atoms with Crippen LogP contribution in [0.1, 0.15) is 28.0 Å². The summed E-state index contributed by atoms with van der Waals surface area (Å²) in [4.78, 5) is 21.8. The minimum Gasteiger partial charge on any atom is -0.493 e. The maximum Gasteiger partial charge on any atom is 0.254 e. The van der Waals surface area contributed by atoms with Gasteiger partial charge in [-0.1, -0.05) is 6.92 Å². The normalized spacial score (nSPS) is 14.8. The van der Waals surface area contributed by atoms with Crippen molar-refractivity contribution in [3.05, 3.63) is 33.8 Å². The predicted octanol–water partition coefficient (Wildman–Crippen LogP) is 2.69. The number of thiazole rings is 1. The van der Waals surface area contributed by atoms with Crippen LogP contribution in [0.3, 0.4) is 0 Å². The van der Waals surface area contributed by atoms with Gasteiger partial charge in [0.2, 0.25) is 5.75 Å². The lowest BCUT2D eigenvalue weighted by molar-refractivity contribution is 0.0626. The third kappa shape index (κ3) is 4.39. The number of piperazine rings is 1. The van der Waals surface area contributed by atoms with Crippen molar-refractivity contribution in [3.8, 4) is 17.2 Å². The molecule has 0 aliphatic carbocycles. The van der Waals surface area contributed by atoms with Gasteiger partial charge in [-0.15, -0.1) is 11.3 Å². The van der Waals surface area contributed by atoms with Crippen molar-refractivity contribution in [2.45, 2.75) is 19.9 Å². The van der Waals surface area contributed by atoms with E-state index in [4.69, 9.17) is 14.2 Å². The van der Waals surface area contributed by atoms with Crippen LogP contribution in [0.5, 0.6) is 17.2 Å². The molecule has 1 fully saturated rings. The van der Waals surface area contributed by atoms with Crippen molar-refractivity contribution in [2.24, 2.45) is 0 Å². The summed E-state index contributed by atoms with van der Waals surface area (Å²) in [7, 11) is 4.65. The van der Waals surface area contributed by atoms with E-state index in [0.717, 1.165) is 31.7 Å². The van der Waals surface area contributed by atoms with Crippen molar-refractivity contribution < 1.29 is 19.0 Å². The van der Waals surface area contributed by atoms with Crippen LogP contribution in [-0.2, 0) is 13.0 Å². The number of hydrogen-bond acceptors (Lipinski definition) is 7. The lowest BCUT2D eigenvalue weighted by atomic mass is 10.1. The number of aromatic nitrogens is 1. The first-order valence-electron chi connectivity index (χ1n) is 9.34. The Hall–Kier alpha value is -2.32. The molecule has 1 aliphatic heterocycles. The summed E-state index contributed by atoms with van der Waals surface area (Å²) in [6.07, 6.45) is 0.974. The van der Waals surface area contributed by atoms with Gasteiger partial charge in [-0.25, -0.2) is 4.98 Å². The minimum absolute atomic E-state index is 0.0270. The summed E-state index contributed by atoms with van der Waals surface area (Å²) in [5.74, 6) is 1.43. The summed E-state index contributed by atoms with van der Waals surface area (Å²) in [5.41, 5.74) is 1.65. The fourth-order valence-corrected chi connectivity index (χ4v) is 4.05. The first kappa shape index (κ1) is 20.4. The van der Waals surface area contributed by atoms with Crippen molar-refractivity contribution >= 4 is 17.2 Å². The highest BCUT2D eigenvalue weighted by Crippen LogP contribution is 2.38. The van der Waals surface area contributed by atoms with Crippen molar-refractivity contribution in [2.75, 3.05) is 47.5 Å². The van der Waals surface area contributed by atoms with Crippen LogP contribution in [-0.4, -0.2) is 68.2 Å². The zero-order valence-corrected chi connectivity index (χ0v) is 17.7. The molecule has 1 amide bonds. The molecule has 1 aliphatic rings. The molecule has 7 nitrogen and oxygen atoms in total. The monoisotopic (exact) mass is 405 g/mol. The van der Waals surface area contributed by atoms with Crippen LogP contribution in [0.4, 0.5) is 0 Å². The van der Waals surface area contributed by atoms with Gasteiger partial charge in [-0.2, -0.15) is 0 Å². The van der Waals surface area contributed by atoms with Crippen LogP contribution < -0.4 is 14.2 Å². The molecule has 0 bridgehead atoms. The molecule has 152 valence electrons. The number of nitrogens with zero attached hydrogens (tertiary/aromatic N) is 3. The number of rotatable bonds is 7. The van der Waals surface area contributed by atoms with E-state index in [0.29, 0.717) is 35.9 Å². The molecular weight excluding hydrogens is 378 g/mol. The van der Waals surface area contributed by atoms with Gasteiger partial charge >= 0.3 is 0 Å². The topological polar surface area (TPSA) is 64.1 Å². The molecule has 1 aromatic carbocycles. The van der Waals surface area contributed by atoms with Crippen molar-refractivity contribution in [1.29, 1.82) is 0 Å². The maximum absolute atomic E-state index is 13.0. The molecule has 0 N–H and O–H groups in total. The van der Waals surface area contributed by atoms with E-state index in [9.17, 15) is 4.79 Å². The van der Waals surface area contributed by atoms with E-state index >= 15 is 0 Å². The summed E-state index contributed by atoms with van der Waals surface area (Å²) in [6.45, 7) is 5.98. The number of carbonyl (C=O) groups is 1. The summed E-state index contributed by atoms with van der Waals surface area (Å²) in [5, 5.41) is 3.30. The molecule has 0 unspecified atom stereocenters. The van der Waals surface area contributed by atoms with Crippen LogP contribution in [0.15, 0.2) is 17.5 Å². The quantitative estimate of drug-likeness (QED) is 0.706. The SMILES string of the molecule is CCc1nc(CN2CCN(C(=O)c3cc(OC)c(OC)c(OC)c3)CC2)cs1. The van der Waals surface area contributed by atoms with Gasteiger partial charge < -0.3 is 19.1 Å². The lowest BCUT2D eigenvalue weighted by Crippen LogP contribution is -2.48. The molecule has 2 heterocycles. The molecule has 0 saturated carbocycles. The highest BCUT2D eigenvalue weighted by molar-refractivity contribution is 7.09. The van der Waals surface area contributed by atoms with Gasteiger partial charge in [0, 0.05) is 43.7 Å². The molecule has 1 saturated heterocycles. The van der Waals surface area contributed by atoms with Crippen molar-refractivity contribution in [3.63, 3.8) is 0 Å². The van der Waals surface area contributed by atoms with E-state index in [-0.39, 0.29) is 5.91 Å². The number of benzene rings is 1. The molecule has 0 spiro atoms. The van der Waals surface area contributed by atoms with Crippen LogP contribution in [0, 0.1) is 0 Å². The summed E-state index contributed by atoms with van der Waals surface area (Å²) < 4.78 is 16.1. The van der Waals surface area contributed by atoms with Gasteiger partial charge in [-0.05, 0) is 18.6 Å². The van der Waals surface area contributed by atoms with E-state index in [1.54, 1.807) is 44.8 Å². The molecule has 1 aromatic heterocycles. The number of hydrogen-bond donors (Lipinski definition) is 0. The Labute approximate surface area is 169 Å². The van der Waals surface area contributed by atoms with Gasteiger partial charge in [0.1, 0.15) is 0 Å². The molecule has 0 radical (unpaired) electrons. The highest BCUT2D eigenvalue weighted by Gasteiger charge is 2.25. The number of ether oxygens (including phenoxy) is 3. The number of amides is 1. The third-order valence-electron chi connectivity index (χ3n) is 4.86. The van der Waals surface area contributed by atoms with Crippen LogP contribution in [0.2, 0.25) is 0 Å². The van der Waals surface area contributed by atoms with E-state index in [1.807, 2.05) is 4.90 Å². The fraction of sp³-hybridized carbons (Fsp3) is 0.500. The Morgan fingerprint density at radius 3 is 2.21 bits per heavy atom. The second-order valence-electron chi connectivity index (χ2n) is 6.57. The zero-order chi connectivity index (χ0) is 20.1. The summed E-state index contributed by atoms with van der Waals surface area (Å²) in [6, 6.07) is 3.41. The van der Waals surface area contributed by atoms with E-state index < -0.39 is 0 Å². The average molecular weight is 406 g/mol. The lowest BCUT2D eigenvalue weighted by Gasteiger charge is -2.34. The third-order valence-corrected chi connectivity index (χ3v) is 5.90. The fourth-order valence-electron chi connectivity index (χ4n) is 3.31. The van der Waals surface area contributed by atoms with E-state index in [2.05, 4.69) is 22.2 Å². The summed E-state index contributed by atoms with van der Waals surface area (Å²) >= 11 is 1.71. The molecule has 28 heavy (non-hydrogen) atoms. The van der Waals surface area contributed by atoms with Gasteiger partial charge in [0.05, 0.1) is 32.0 Å². The standard InChI is InChI=1S/C20H27N3O4S/c1-5-18-21-15(13-28-18)12-22-6-8-23(9-7-22)20(24)14-10-16(25-2)19(27-4)17(11-14)26-3/h10-11,13H,5-9,12H2,1-4H3. The number of carbonyl (C=O) groups excluding carboxylic acids is 1. The van der Waals surface area contributed by atoms with Gasteiger partial charge in [-0.3, -0.25) is 9.69 Å². The molecule has 3 rings (SSSR count). The van der Waals surface area contributed by atoms with Gasteiger partial charge in [0.15, 0.2) is 11.5 Å². The number of aryl methyl sites for hydroxylation is 1. The predicted molar refractivity (Wildman–Crippen MR) is 109 cm³/mol. The smallest absolute Gasteiger partial charge is 0.254 e. The first-order valence-corrected chi connectivity index (χ1v) is 10.2. The van der Waals surface area contributed by atoms with Crippen LogP contribution >= 0.6 is 11.3 Å². The molecule has 8 heteroatoms. The Morgan fingerprint density at radius 1 is 1.07 bits per heavy atom. The second-order valence-corrected chi connectivity index (χ2v) is 7.51. The Morgan fingerprint density at radius 2 is 1.71 bits per heavy atom. The molecule has 0 atom stereocenters. The van der Waals surface area contributed by atoms with Crippen molar-refractivity contribution in [1.82, 2.24) is 14.8 Å². The molecular formula is C20H27N3O4S. The number of methoxy groups -OCH3 is 3. The average Bonchev–Trinajstić information content (AvgIpc) is 3.20. The molecule has 2 aromatic rings. The first-order chi connectivity index (χ1) is 13.6. The Balaban J connectivity index is 1.64. The van der Waals surface area contributed by atoms with Gasteiger partial charge in [0.25, 0.3) is 5.91 Å². The second kappa shape index (κ2) is 9.25. The zero-order valence-electron chi connectivity index (χ0n) is 16.9. The minimum atomic E-state index is -0.0270. The van der Waals surface area contributed by atoms with Crippen LogP contribution in [0.25, 0.3) is 0 Å². The Kier molecular flexibility index (Phi) is 6.74. The largest absolute Gasteiger partial charge is 0.493 e. The Bertz CT molecular complexity index is 791. The maximum atomic E-state index is 13.0.